The van der Waals surface area contributed by atoms with Gasteiger partial charge in [0, 0.05) is 7.05 Å². The predicted octanol–water partition coefficient (Wildman–Crippen LogP) is 1.51. The molecule has 0 unspecified atom stereocenters. The van der Waals surface area contributed by atoms with Crippen molar-refractivity contribution in [3.05, 3.63) is 15.9 Å². The van der Waals surface area contributed by atoms with Gasteiger partial charge < -0.3 is 10.2 Å². The van der Waals surface area contributed by atoms with Crippen LogP contribution in [0, 0.1) is 6.92 Å². The van der Waals surface area contributed by atoms with Crippen molar-refractivity contribution in [1.29, 1.82) is 0 Å². The molecule has 0 saturated carbocycles. The molecule has 1 saturated heterocycles. The van der Waals surface area contributed by atoms with Gasteiger partial charge in [0.15, 0.2) is 0 Å². The fourth-order valence-corrected chi connectivity index (χ4v) is 2.94. The molecule has 0 aromatic carbocycles. The number of carbonyl (C=O) groups is 2. The van der Waals surface area contributed by atoms with Crippen molar-refractivity contribution in [3.8, 4) is 0 Å². The Morgan fingerprint density at radius 2 is 1.81 bits per heavy atom. The highest BCUT2D eigenvalue weighted by molar-refractivity contribution is 9.10. The molecule has 0 atom stereocenters. The molecule has 7 heteroatoms. The number of piperazine rings is 1. The molecule has 116 valence electrons. The first kappa shape index (κ1) is 16.0. The van der Waals surface area contributed by atoms with Gasteiger partial charge >= 0.3 is 0 Å². The molecular formula is C14H21BrN4O2. The van der Waals surface area contributed by atoms with Crippen LogP contribution in [0.5, 0.6) is 0 Å². The monoisotopic (exact) mass is 356 g/mol. The van der Waals surface area contributed by atoms with Gasteiger partial charge in [0.1, 0.15) is 11.1 Å². The molecule has 1 aromatic heterocycles. The molecule has 1 aliphatic heterocycles. The van der Waals surface area contributed by atoms with Crippen LogP contribution in [-0.4, -0.2) is 37.6 Å². The van der Waals surface area contributed by atoms with E-state index in [-0.39, 0.29) is 11.8 Å². The van der Waals surface area contributed by atoms with Crippen molar-refractivity contribution in [1.82, 2.24) is 20.0 Å². The summed E-state index contributed by atoms with van der Waals surface area (Å²) in [6.07, 6.45) is 0. The average molecular weight is 357 g/mol. The average Bonchev–Trinajstić information content (AvgIpc) is 2.58. The first-order valence-corrected chi connectivity index (χ1v) is 7.60. The number of carbonyl (C=O) groups excluding carboxylic acids is 2. The van der Waals surface area contributed by atoms with Crippen LogP contribution >= 0.6 is 15.9 Å². The van der Waals surface area contributed by atoms with Crippen molar-refractivity contribution >= 4 is 27.7 Å². The number of hydrogen-bond acceptors (Lipinski definition) is 3. The molecule has 2 heterocycles. The van der Waals surface area contributed by atoms with Crippen LogP contribution in [0.15, 0.2) is 4.47 Å². The topological polar surface area (TPSA) is 67.2 Å². The minimum absolute atomic E-state index is 0.0992. The van der Waals surface area contributed by atoms with Crippen LogP contribution in [0.25, 0.3) is 0 Å². The maximum atomic E-state index is 12.7. The Labute approximate surface area is 133 Å². The third kappa shape index (κ3) is 2.47. The number of hydrogen-bond donors (Lipinski definition) is 1. The zero-order chi connectivity index (χ0) is 16.2. The number of nitrogens with zero attached hydrogens (tertiary/aromatic N) is 3. The summed E-state index contributed by atoms with van der Waals surface area (Å²) < 4.78 is 2.61. The van der Waals surface area contributed by atoms with Crippen LogP contribution in [0.3, 0.4) is 0 Å². The highest BCUT2D eigenvalue weighted by Gasteiger charge is 2.50. The Morgan fingerprint density at radius 1 is 1.24 bits per heavy atom. The largest absolute Gasteiger partial charge is 0.340 e. The van der Waals surface area contributed by atoms with Crippen LogP contribution < -0.4 is 5.32 Å². The Hall–Kier alpha value is -1.37. The van der Waals surface area contributed by atoms with Crippen molar-refractivity contribution in [2.45, 2.75) is 52.2 Å². The van der Waals surface area contributed by atoms with E-state index in [1.165, 1.54) is 0 Å². The summed E-state index contributed by atoms with van der Waals surface area (Å²) in [7, 11) is 1.83. The molecule has 0 spiro atoms. The Kier molecular flexibility index (Phi) is 3.68. The highest BCUT2D eigenvalue weighted by atomic mass is 79.9. The van der Waals surface area contributed by atoms with Gasteiger partial charge in [-0.1, -0.05) is 0 Å². The van der Waals surface area contributed by atoms with E-state index >= 15 is 0 Å². The lowest BCUT2D eigenvalue weighted by Crippen LogP contribution is -2.72. The maximum Gasteiger partial charge on any atom is 0.248 e. The highest BCUT2D eigenvalue weighted by Crippen LogP contribution is 2.30. The zero-order valence-electron chi connectivity index (χ0n) is 13.2. The standard InChI is InChI=1S/C14H21BrN4O2/c1-8-10(15)9(18(6)17-8)7-19-12(21)13(2,3)16-11(20)14(19,4)5/h7H2,1-6H3,(H,16,20). The molecule has 0 bridgehead atoms. The van der Waals surface area contributed by atoms with Gasteiger partial charge in [0.05, 0.1) is 22.4 Å². The number of aryl methyl sites for hydroxylation is 2. The quantitative estimate of drug-likeness (QED) is 0.873. The first-order chi connectivity index (χ1) is 9.48. The van der Waals surface area contributed by atoms with Gasteiger partial charge in [-0.2, -0.15) is 5.10 Å². The summed E-state index contributed by atoms with van der Waals surface area (Å²) in [5.74, 6) is -0.250. The van der Waals surface area contributed by atoms with Crippen molar-refractivity contribution in [2.24, 2.45) is 7.05 Å². The molecular weight excluding hydrogens is 336 g/mol. The molecule has 21 heavy (non-hydrogen) atoms. The second kappa shape index (κ2) is 4.83. The minimum atomic E-state index is -0.899. The summed E-state index contributed by atoms with van der Waals surface area (Å²) >= 11 is 3.51. The van der Waals surface area contributed by atoms with E-state index in [1.54, 1.807) is 37.3 Å². The summed E-state index contributed by atoms with van der Waals surface area (Å²) in [5.41, 5.74) is -0.0605. The molecule has 2 amide bonds. The second-order valence-electron chi connectivity index (χ2n) is 6.50. The summed E-state index contributed by atoms with van der Waals surface area (Å²) in [6, 6.07) is 0. The van der Waals surface area contributed by atoms with Gasteiger partial charge in [0.25, 0.3) is 0 Å². The van der Waals surface area contributed by atoms with Gasteiger partial charge in [-0.3, -0.25) is 14.3 Å². The second-order valence-corrected chi connectivity index (χ2v) is 7.29. The molecule has 2 rings (SSSR count). The van der Waals surface area contributed by atoms with E-state index < -0.39 is 11.1 Å². The van der Waals surface area contributed by atoms with E-state index in [0.717, 1.165) is 15.9 Å². The Morgan fingerprint density at radius 3 is 2.29 bits per heavy atom. The molecule has 0 aliphatic carbocycles. The molecule has 1 aliphatic rings. The SMILES string of the molecule is Cc1nn(C)c(CN2C(=O)C(C)(C)NC(=O)C2(C)C)c1Br. The van der Waals surface area contributed by atoms with Crippen LogP contribution in [-0.2, 0) is 23.2 Å². The normalized spacial score (nSPS) is 20.6. The van der Waals surface area contributed by atoms with Gasteiger partial charge in [0.2, 0.25) is 11.8 Å². The van der Waals surface area contributed by atoms with Crippen molar-refractivity contribution in [3.63, 3.8) is 0 Å². The van der Waals surface area contributed by atoms with E-state index in [2.05, 4.69) is 26.3 Å². The molecule has 6 nitrogen and oxygen atoms in total. The van der Waals surface area contributed by atoms with Gasteiger partial charge in [-0.15, -0.1) is 0 Å². The smallest absolute Gasteiger partial charge is 0.248 e. The van der Waals surface area contributed by atoms with Crippen molar-refractivity contribution in [2.75, 3.05) is 0 Å². The van der Waals surface area contributed by atoms with E-state index in [4.69, 9.17) is 0 Å². The molecule has 1 N–H and O–H groups in total. The minimum Gasteiger partial charge on any atom is -0.340 e. The lowest BCUT2D eigenvalue weighted by atomic mass is 9.89. The third-order valence-electron chi connectivity index (χ3n) is 4.01. The molecule has 1 fully saturated rings. The number of halogens is 1. The van der Waals surface area contributed by atoms with Crippen molar-refractivity contribution < 1.29 is 9.59 Å². The van der Waals surface area contributed by atoms with Crippen LogP contribution in [0.4, 0.5) is 0 Å². The number of aromatic nitrogens is 2. The van der Waals surface area contributed by atoms with E-state index in [1.807, 2.05) is 14.0 Å². The third-order valence-corrected chi connectivity index (χ3v) is 5.04. The lowest BCUT2D eigenvalue weighted by molar-refractivity contribution is -0.160. The Bertz CT molecular complexity index is 619. The van der Waals surface area contributed by atoms with Gasteiger partial charge in [-0.25, -0.2) is 0 Å². The fraction of sp³-hybridized carbons (Fsp3) is 0.643. The zero-order valence-corrected chi connectivity index (χ0v) is 14.8. The van der Waals surface area contributed by atoms with Crippen LogP contribution in [0.1, 0.15) is 39.1 Å². The predicted molar refractivity (Wildman–Crippen MR) is 82.5 cm³/mol. The summed E-state index contributed by atoms with van der Waals surface area (Å²) in [6.45, 7) is 9.19. The Balaban J connectivity index is 2.44. The summed E-state index contributed by atoms with van der Waals surface area (Å²) in [4.78, 5) is 26.6. The molecule has 0 radical (unpaired) electrons. The van der Waals surface area contributed by atoms with E-state index in [0.29, 0.717) is 6.54 Å². The number of amides is 2. The lowest BCUT2D eigenvalue weighted by Gasteiger charge is -2.47. The van der Waals surface area contributed by atoms with Crippen LogP contribution in [0.2, 0.25) is 0 Å². The number of nitrogens with one attached hydrogen (secondary N) is 1. The first-order valence-electron chi connectivity index (χ1n) is 6.81. The number of rotatable bonds is 2. The molecule has 1 aromatic rings. The maximum absolute atomic E-state index is 12.7. The fourth-order valence-electron chi connectivity index (χ4n) is 2.48. The van der Waals surface area contributed by atoms with Gasteiger partial charge in [-0.05, 0) is 50.5 Å². The van der Waals surface area contributed by atoms with E-state index in [9.17, 15) is 9.59 Å². The summed E-state index contributed by atoms with van der Waals surface area (Å²) in [5, 5.41) is 7.12.